The number of carbonyl (C=O) groups is 1. The monoisotopic (exact) mass is 432 g/mol. The van der Waals surface area contributed by atoms with Crippen molar-refractivity contribution in [2.24, 2.45) is 0 Å². The van der Waals surface area contributed by atoms with Crippen molar-refractivity contribution < 1.29 is 18.7 Å². The van der Waals surface area contributed by atoms with E-state index in [9.17, 15) is 9.18 Å². The van der Waals surface area contributed by atoms with Gasteiger partial charge in [-0.3, -0.25) is 4.79 Å². The van der Waals surface area contributed by atoms with Gasteiger partial charge in [-0.15, -0.1) is 6.42 Å². The minimum atomic E-state index is -0.476. The largest absolute Gasteiger partial charge is 0.488 e. The van der Waals surface area contributed by atoms with Gasteiger partial charge < -0.3 is 20.1 Å². The molecule has 3 aromatic rings. The number of amides is 1. The molecule has 0 bridgehead atoms. The first-order chi connectivity index (χ1) is 15.6. The molecule has 4 rings (SSSR count). The maximum atomic E-state index is 14.3. The van der Waals surface area contributed by atoms with E-state index in [0.717, 1.165) is 12.8 Å². The lowest BCUT2D eigenvalue weighted by atomic mass is 10.1. The number of nitrogens with zero attached hydrogens (tertiary/aromatic N) is 2. The van der Waals surface area contributed by atoms with E-state index in [1.807, 2.05) is 0 Å². The fourth-order valence-corrected chi connectivity index (χ4v) is 3.37. The molecule has 0 unspecified atom stereocenters. The number of hydrogen-bond acceptors (Lipinski definition) is 6. The van der Waals surface area contributed by atoms with Crippen LogP contribution in [0.25, 0.3) is 10.9 Å². The van der Waals surface area contributed by atoms with Crippen LogP contribution in [0.1, 0.15) is 18.4 Å². The quantitative estimate of drug-likeness (QED) is 0.449. The topological polar surface area (TPSA) is 85.4 Å². The molecule has 2 heterocycles. The Kier molecular flexibility index (Phi) is 6.29. The highest BCUT2D eigenvalue weighted by molar-refractivity contribution is 6.03. The molecule has 1 aliphatic heterocycles. The van der Waals surface area contributed by atoms with Crippen LogP contribution >= 0.6 is 0 Å². The zero-order valence-corrected chi connectivity index (χ0v) is 17.2. The Hall–Kier alpha value is -3.96. The predicted molar refractivity (Wildman–Crippen MR) is 120 cm³/mol. The molecule has 0 radical (unpaired) electrons. The van der Waals surface area contributed by atoms with Crippen molar-refractivity contribution in [3.63, 3.8) is 0 Å². The summed E-state index contributed by atoms with van der Waals surface area (Å²) < 4.78 is 25.9. The van der Waals surface area contributed by atoms with Gasteiger partial charge in [0, 0.05) is 29.9 Å². The summed E-state index contributed by atoms with van der Waals surface area (Å²) in [7, 11) is 0. The molecule has 0 spiro atoms. The first kappa shape index (κ1) is 21.3. The van der Waals surface area contributed by atoms with E-state index in [0.29, 0.717) is 46.9 Å². The molecule has 8 heteroatoms. The van der Waals surface area contributed by atoms with E-state index < -0.39 is 5.82 Å². The molecule has 1 amide bonds. The molecule has 0 atom stereocenters. The average molecular weight is 432 g/mol. The van der Waals surface area contributed by atoms with Crippen molar-refractivity contribution in [1.29, 1.82) is 0 Å². The number of ether oxygens (including phenoxy) is 2. The van der Waals surface area contributed by atoms with Gasteiger partial charge in [0.15, 0.2) is 0 Å². The van der Waals surface area contributed by atoms with Crippen LogP contribution in [0.4, 0.5) is 21.6 Å². The third-order valence-electron chi connectivity index (χ3n) is 5.03. The highest BCUT2D eigenvalue weighted by Gasteiger charge is 2.19. The molecule has 1 aromatic heterocycles. The predicted octanol–water partition coefficient (Wildman–Crippen LogP) is 4.18. The zero-order chi connectivity index (χ0) is 22.5. The number of hydrogen-bond donors (Lipinski definition) is 2. The van der Waals surface area contributed by atoms with Gasteiger partial charge in [0.2, 0.25) is 5.91 Å². The molecule has 0 saturated carbocycles. The Morgan fingerprint density at radius 2 is 2.06 bits per heavy atom. The average Bonchev–Trinajstić information content (AvgIpc) is 2.81. The summed E-state index contributed by atoms with van der Waals surface area (Å²) in [5, 5.41) is 6.31. The van der Waals surface area contributed by atoms with Gasteiger partial charge in [0.25, 0.3) is 0 Å². The number of nitrogens with one attached hydrogen (secondary N) is 2. The second kappa shape index (κ2) is 9.45. The Morgan fingerprint density at radius 1 is 1.25 bits per heavy atom. The van der Waals surface area contributed by atoms with E-state index in [1.165, 1.54) is 30.6 Å². The Morgan fingerprint density at radius 3 is 2.81 bits per heavy atom. The fraction of sp³-hybridized carbons (Fsp3) is 0.208. The summed E-state index contributed by atoms with van der Waals surface area (Å²) in [6.45, 7) is 4.73. The molecule has 2 aromatic carbocycles. The van der Waals surface area contributed by atoms with Crippen LogP contribution < -0.4 is 15.4 Å². The van der Waals surface area contributed by atoms with Crippen LogP contribution in [0.3, 0.4) is 0 Å². The van der Waals surface area contributed by atoms with Crippen LogP contribution in [0.2, 0.25) is 0 Å². The number of aromatic nitrogens is 2. The molecule has 0 aliphatic carbocycles. The van der Waals surface area contributed by atoms with Crippen LogP contribution in [-0.2, 0) is 9.53 Å². The second-order valence-electron chi connectivity index (χ2n) is 7.17. The molecule has 1 aliphatic rings. The summed E-state index contributed by atoms with van der Waals surface area (Å²) in [5.41, 5.74) is 1.71. The summed E-state index contributed by atoms with van der Waals surface area (Å²) >= 11 is 0. The number of carbonyl (C=O) groups excluding carboxylic acids is 1. The van der Waals surface area contributed by atoms with Crippen molar-refractivity contribution in [3.05, 3.63) is 60.7 Å². The van der Waals surface area contributed by atoms with Crippen molar-refractivity contribution in [2.75, 3.05) is 23.8 Å². The molecular formula is C24H21FN4O3. The minimum absolute atomic E-state index is 0.0411. The lowest BCUT2D eigenvalue weighted by molar-refractivity contribution is -0.111. The van der Waals surface area contributed by atoms with Gasteiger partial charge in [-0.25, -0.2) is 14.4 Å². The van der Waals surface area contributed by atoms with Gasteiger partial charge in [-0.2, -0.15) is 0 Å². The lowest BCUT2D eigenvalue weighted by Gasteiger charge is -2.25. The molecule has 1 fully saturated rings. The molecule has 162 valence electrons. The molecule has 1 saturated heterocycles. The fourth-order valence-electron chi connectivity index (χ4n) is 3.37. The van der Waals surface area contributed by atoms with Crippen LogP contribution in [0.5, 0.6) is 5.75 Å². The van der Waals surface area contributed by atoms with Gasteiger partial charge in [-0.1, -0.05) is 12.5 Å². The normalized spacial score (nSPS) is 13.9. The maximum absolute atomic E-state index is 14.3. The summed E-state index contributed by atoms with van der Waals surface area (Å²) in [5.74, 6) is 2.45. The van der Waals surface area contributed by atoms with Crippen molar-refractivity contribution in [1.82, 2.24) is 9.97 Å². The maximum Gasteiger partial charge on any atom is 0.247 e. The first-order valence-corrected chi connectivity index (χ1v) is 10.1. The smallest absolute Gasteiger partial charge is 0.247 e. The highest BCUT2D eigenvalue weighted by atomic mass is 19.1. The summed E-state index contributed by atoms with van der Waals surface area (Å²) in [6.07, 6.45) is 9.42. The third kappa shape index (κ3) is 4.68. The summed E-state index contributed by atoms with van der Waals surface area (Å²) in [4.78, 5) is 20.6. The van der Waals surface area contributed by atoms with Crippen molar-refractivity contribution in [2.45, 2.75) is 18.9 Å². The molecule has 32 heavy (non-hydrogen) atoms. The molecular weight excluding hydrogens is 411 g/mol. The Labute approximate surface area is 184 Å². The van der Waals surface area contributed by atoms with Gasteiger partial charge >= 0.3 is 0 Å². The minimum Gasteiger partial charge on any atom is -0.488 e. The number of rotatable bonds is 6. The van der Waals surface area contributed by atoms with E-state index >= 15 is 0 Å². The number of anilines is 3. The van der Waals surface area contributed by atoms with Crippen LogP contribution in [0.15, 0.2) is 49.3 Å². The van der Waals surface area contributed by atoms with E-state index in [2.05, 4.69) is 33.1 Å². The van der Waals surface area contributed by atoms with Crippen molar-refractivity contribution in [3.8, 4) is 18.1 Å². The van der Waals surface area contributed by atoms with Crippen LogP contribution in [0, 0.1) is 18.2 Å². The highest BCUT2D eigenvalue weighted by Crippen LogP contribution is 2.35. The number of benzene rings is 2. The summed E-state index contributed by atoms with van der Waals surface area (Å²) in [6, 6.07) is 7.74. The van der Waals surface area contributed by atoms with Crippen LogP contribution in [-0.4, -0.2) is 35.2 Å². The first-order valence-electron chi connectivity index (χ1n) is 10.1. The standard InChI is InChI=1S/C24H21FN4O3/c1-3-15-5-6-18(25)20(11-15)29-24-17-12-21(28-23(30)4-2)22(13-19(17)26-14-27-24)32-16-7-9-31-10-8-16/h1,4-6,11-14,16H,2,7-10H2,(H,28,30)(H,26,27,29). The SMILES string of the molecule is C#Cc1ccc(F)c(Nc2ncnc3cc(OC4CCOCC4)c(NC(=O)C=C)cc23)c1. The van der Waals surface area contributed by atoms with E-state index in [4.69, 9.17) is 15.9 Å². The lowest BCUT2D eigenvalue weighted by Crippen LogP contribution is -2.26. The zero-order valence-electron chi connectivity index (χ0n) is 17.2. The van der Waals surface area contributed by atoms with Gasteiger partial charge in [0.1, 0.15) is 29.8 Å². The van der Waals surface area contributed by atoms with E-state index in [-0.39, 0.29) is 17.7 Å². The number of fused-ring (bicyclic) bond motifs is 1. The number of halogens is 1. The van der Waals surface area contributed by atoms with Gasteiger partial charge in [0.05, 0.1) is 30.1 Å². The van der Waals surface area contributed by atoms with Gasteiger partial charge in [-0.05, 0) is 30.3 Å². The van der Waals surface area contributed by atoms with Crippen molar-refractivity contribution >= 4 is 34.0 Å². The Bertz CT molecular complexity index is 1220. The number of terminal acetylenes is 1. The van der Waals surface area contributed by atoms with E-state index in [1.54, 1.807) is 12.1 Å². The second-order valence-corrected chi connectivity index (χ2v) is 7.17. The Balaban J connectivity index is 1.75. The molecule has 7 nitrogen and oxygen atoms in total. The third-order valence-corrected chi connectivity index (χ3v) is 5.03. The molecule has 2 N–H and O–H groups in total.